The second-order valence-corrected chi connectivity index (χ2v) is 5.78. The normalized spacial score (nSPS) is 11.7. The molecule has 0 unspecified atom stereocenters. The average molecular weight is 344 g/mol. The van der Waals surface area contributed by atoms with Crippen LogP contribution in [0.2, 0.25) is 0 Å². The second-order valence-electron chi connectivity index (χ2n) is 4.97. The summed E-state index contributed by atoms with van der Waals surface area (Å²) in [6.45, 7) is 4.28. The van der Waals surface area contributed by atoms with Crippen molar-refractivity contribution in [2.24, 2.45) is 5.92 Å². The zero-order chi connectivity index (χ0) is 15.6. The van der Waals surface area contributed by atoms with Crippen molar-refractivity contribution in [3.63, 3.8) is 0 Å². The minimum absolute atomic E-state index is 0.129. The number of nitriles is 2. The Bertz CT molecular complexity index is 772. The number of halogens is 1. The third-order valence-electron chi connectivity index (χ3n) is 3.24. The summed E-state index contributed by atoms with van der Waals surface area (Å²) in [7, 11) is 1.88. The van der Waals surface area contributed by atoms with Crippen LogP contribution in [-0.4, -0.2) is 23.6 Å². The van der Waals surface area contributed by atoms with E-state index in [-0.39, 0.29) is 5.92 Å². The molecule has 2 aromatic rings. The van der Waals surface area contributed by atoms with Gasteiger partial charge in [0.05, 0.1) is 34.4 Å². The molecule has 2 rings (SSSR count). The number of fused-ring (bicyclic) bond motifs is 1. The highest BCUT2D eigenvalue weighted by molar-refractivity contribution is 9.10. The molecule has 6 heteroatoms. The van der Waals surface area contributed by atoms with Crippen molar-refractivity contribution in [1.29, 1.82) is 10.5 Å². The van der Waals surface area contributed by atoms with Crippen LogP contribution in [0.3, 0.4) is 0 Å². The number of aryl methyl sites for hydroxylation is 1. The summed E-state index contributed by atoms with van der Waals surface area (Å²) in [5.41, 5.74) is 2.85. The molecule has 2 heterocycles. The molecule has 0 fully saturated rings. The molecule has 21 heavy (non-hydrogen) atoms. The highest BCUT2D eigenvalue weighted by atomic mass is 79.9. The van der Waals surface area contributed by atoms with Crippen LogP contribution in [0.4, 0.5) is 5.69 Å². The van der Waals surface area contributed by atoms with Gasteiger partial charge in [-0.1, -0.05) is 0 Å². The van der Waals surface area contributed by atoms with Crippen molar-refractivity contribution < 1.29 is 0 Å². The van der Waals surface area contributed by atoms with E-state index in [9.17, 15) is 5.26 Å². The van der Waals surface area contributed by atoms with Gasteiger partial charge in [-0.15, -0.1) is 0 Å². The van der Waals surface area contributed by atoms with E-state index in [1.807, 2.05) is 31.9 Å². The predicted molar refractivity (Wildman–Crippen MR) is 84.7 cm³/mol. The van der Waals surface area contributed by atoms with Gasteiger partial charge in [0.1, 0.15) is 10.7 Å². The first-order chi connectivity index (χ1) is 9.97. The molecule has 1 atom stereocenters. The van der Waals surface area contributed by atoms with Crippen molar-refractivity contribution in [1.82, 2.24) is 9.97 Å². The number of hydrogen-bond acceptors (Lipinski definition) is 5. The zero-order valence-corrected chi connectivity index (χ0v) is 13.6. The van der Waals surface area contributed by atoms with E-state index >= 15 is 0 Å². The molecule has 0 bridgehead atoms. The standard InChI is InChI=1S/C15H14BrN5/c1-9(5-17)8-21(3)15-11(6-18)7-19-14-10(2)20-13(16)4-12(14)15/h4,7,9H,8H2,1-3H3/t9-/m0/s1. The van der Waals surface area contributed by atoms with E-state index in [1.54, 1.807) is 6.20 Å². The summed E-state index contributed by atoms with van der Waals surface area (Å²) in [5.74, 6) is -0.129. The fraction of sp³-hybridized carbons (Fsp3) is 0.333. The van der Waals surface area contributed by atoms with Crippen molar-refractivity contribution in [3.8, 4) is 12.1 Å². The lowest BCUT2D eigenvalue weighted by Gasteiger charge is -2.23. The second kappa shape index (κ2) is 6.07. The molecule has 2 aromatic heterocycles. The fourth-order valence-electron chi connectivity index (χ4n) is 2.34. The average Bonchev–Trinajstić information content (AvgIpc) is 2.45. The van der Waals surface area contributed by atoms with E-state index in [0.29, 0.717) is 16.7 Å². The van der Waals surface area contributed by atoms with Crippen LogP contribution in [0.25, 0.3) is 10.9 Å². The SMILES string of the molecule is Cc1nc(Br)cc2c(N(C)C[C@@H](C)C#N)c(C#N)cnc12. The summed E-state index contributed by atoms with van der Waals surface area (Å²) in [4.78, 5) is 10.6. The molecule has 0 amide bonds. The molecule has 0 aromatic carbocycles. The maximum Gasteiger partial charge on any atom is 0.107 e. The minimum atomic E-state index is -0.129. The predicted octanol–water partition coefficient (Wildman–Crippen LogP) is 3.17. The van der Waals surface area contributed by atoms with Gasteiger partial charge in [-0.05, 0) is 35.8 Å². The summed E-state index contributed by atoms with van der Waals surface area (Å²) in [5, 5.41) is 19.2. The van der Waals surface area contributed by atoms with Crippen molar-refractivity contribution in [2.75, 3.05) is 18.5 Å². The van der Waals surface area contributed by atoms with Crippen molar-refractivity contribution in [2.45, 2.75) is 13.8 Å². The molecule has 0 radical (unpaired) electrons. The van der Waals surface area contributed by atoms with Crippen LogP contribution >= 0.6 is 15.9 Å². The smallest absolute Gasteiger partial charge is 0.107 e. The van der Waals surface area contributed by atoms with Gasteiger partial charge in [-0.2, -0.15) is 10.5 Å². The van der Waals surface area contributed by atoms with Gasteiger partial charge in [0, 0.05) is 25.2 Å². The first kappa shape index (κ1) is 15.2. The lowest BCUT2D eigenvalue weighted by molar-refractivity contribution is 0.717. The molecule has 0 aliphatic carbocycles. The topological polar surface area (TPSA) is 76.6 Å². The van der Waals surface area contributed by atoms with Crippen LogP contribution in [0.1, 0.15) is 18.2 Å². The molecular formula is C15H14BrN5. The maximum absolute atomic E-state index is 9.35. The zero-order valence-electron chi connectivity index (χ0n) is 12.1. The summed E-state index contributed by atoms with van der Waals surface area (Å²) in [6, 6.07) is 6.25. The summed E-state index contributed by atoms with van der Waals surface area (Å²) >= 11 is 3.38. The number of nitrogens with zero attached hydrogens (tertiary/aromatic N) is 5. The third kappa shape index (κ3) is 2.96. The van der Waals surface area contributed by atoms with E-state index in [4.69, 9.17) is 5.26 Å². The molecule has 0 N–H and O–H groups in total. The number of anilines is 1. The van der Waals surface area contributed by atoms with Crippen LogP contribution in [0, 0.1) is 35.5 Å². The number of hydrogen-bond donors (Lipinski definition) is 0. The Labute approximate surface area is 132 Å². The fourth-order valence-corrected chi connectivity index (χ4v) is 2.84. The Morgan fingerprint density at radius 3 is 2.76 bits per heavy atom. The first-order valence-corrected chi connectivity index (χ1v) is 7.24. The Morgan fingerprint density at radius 1 is 1.43 bits per heavy atom. The molecule has 0 saturated carbocycles. The minimum Gasteiger partial charge on any atom is -0.372 e. The monoisotopic (exact) mass is 343 g/mol. The Morgan fingerprint density at radius 2 is 2.14 bits per heavy atom. The highest BCUT2D eigenvalue weighted by Crippen LogP contribution is 2.31. The molecule has 106 valence electrons. The Balaban J connectivity index is 2.70. The van der Waals surface area contributed by atoms with Crippen LogP contribution < -0.4 is 4.90 Å². The third-order valence-corrected chi connectivity index (χ3v) is 3.65. The Kier molecular flexibility index (Phi) is 4.40. The highest BCUT2D eigenvalue weighted by Gasteiger charge is 2.17. The van der Waals surface area contributed by atoms with E-state index in [1.165, 1.54) is 0 Å². The van der Waals surface area contributed by atoms with Gasteiger partial charge in [0.15, 0.2) is 0 Å². The number of rotatable bonds is 3. The molecule has 0 spiro atoms. The molecule has 0 aliphatic rings. The van der Waals surface area contributed by atoms with Crippen LogP contribution in [0.5, 0.6) is 0 Å². The number of aromatic nitrogens is 2. The molecular weight excluding hydrogens is 330 g/mol. The van der Waals surface area contributed by atoms with E-state index in [0.717, 1.165) is 22.3 Å². The van der Waals surface area contributed by atoms with Crippen molar-refractivity contribution in [3.05, 3.63) is 28.1 Å². The lowest BCUT2D eigenvalue weighted by atomic mass is 10.1. The summed E-state index contributed by atoms with van der Waals surface area (Å²) < 4.78 is 0.701. The Hall–Kier alpha value is -2.18. The van der Waals surface area contributed by atoms with Crippen molar-refractivity contribution >= 4 is 32.5 Å². The van der Waals surface area contributed by atoms with Gasteiger partial charge in [-0.3, -0.25) is 4.98 Å². The van der Waals surface area contributed by atoms with E-state index in [2.05, 4.69) is 38.0 Å². The molecule has 0 saturated heterocycles. The summed E-state index contributed by atoms with van der Waals surface area (Å²) in [6.07, 6.45) is 1.56. The van der Waals surface area contributed by atoms with Gasteiger partial charge in [-0.25, -0.2) is 4.98 Å². The van der Waals surface area contributed by atoms with Gasteiger partial charge in [0.25, 0.3) is 0 Å². The van der Waals surface area contributed by atoms with Crippen LogP contribution in [-0.2, 0) is 0 Å². The lowest BCUT2D eigenvalue weighted by Crippen LogP contribution is -2.24. The van der Waals surface area contributed by atoms with Gasteiger partial charge < -0.3 is 4.90 Å². The largest absolute Gasteiger partial charge is 0.372 e. The molecule has 5 nitrogen and oxygen atoms in total. The molecule has 0 aliphatic heterocycles. The van der Waals surface area contributed by atoms with Gasteiger partial charge >= 0.3 is 0 Å². The van der Waals surface area contributed by atoms with Gasteiger partial charge in [0.2, 0.25) is 0 Å². The van der Waals surface area contributed by atoms with E-state index < -0.39 is 0 Å². The quantitative estimate of drug-likeness (QED) is 0.800. The number of pyridine rings is 2. The first-order valence-electron chi connectivity index (χ1n) is 6.44. The van der Waals surface area contributed by atoms with Crippen LogP contribution in [0.15, 0.2) is 16.9 Å². The maximum atomic E-state index is 9.35.